The van der Waals surface area contributed by atoms with Gasteiger partial charge in [-0.1, -0.05) is 17.7 Å². The Hall–Kier alpha value is -3.13. The van der Waals surface area contributed by atoms with Crippen LogP contribution in [0, 0.1) is 20.8 Å². The summed E-state index contributed by atoms with van der Waals surface area (Å²) in [5.41, 5.74) is 4.47. The Morgan fingerprint density at radius 3 is 2.53 bits per heavy atom. The van der Waals surface area contributed by atoms with Gasteiger partial charge in [-0.15, -0.1) is 0 Å². The van der Waals surface area contributed by atoms with Crippen molar-refractivity contribution >= 4 is 17.6 Å². The van der Waals surface area contributed by atoms with Gasteiger partial charge in [-0.05, 0) is 59.6 Å². The van der Waals surface area contributed by atoms with Crippen molar-refractivity contribution in [2.45, 2.75) is 59.6 Å². The molecule has 1 aromatic heterocycles. The lowest BCUT2D eigenvalue weighted by Crippen LogP contribution is -2.31. The van der Waals surface area contributed by atoms with Crippen molar-refractivity contribution in [3.63, 3.8) is 0 Å². The van der Waals surface area contributed by atoms with Crippen LogP contribution in [0.4, 0.5) is 4.79 Å². The summed E-state index contributed by atoms with van der Waals surface area (Å²) in [4.78, 5) is 25.3. The third-order valence-electron chi connectivity index (χ3n) is 5.63. The van der Waals surface area contributed by atoms with Gasteiger partial charge in [0.15, 0.2) is 0 Å². The van der Waals surface area contributed by atoms with Crippen molar-refractivity contribution in [2.24, 2.45) is 0 Å². The summed E-state index contributed by atoms with van der Waals surface area (Å²) in [7, 11) is 1.64. The van der Waals surface area contributed by atoms with Crippen molar-refractivity contribution in [2.75, 3.05) is 13.7 Å². The van der Waals surface area contributed by atoms with Crippen LogP contribution < -0.4 is 5.32 Å². The number of nitrogens with zero attached hydrogens (tertiary/aromatic N) is 2. The predicted molar refractivity (Wildman–Crippen MR) is 120 cm³/mol. The number of hydrogen-bond acceptors (Lipinski definition) is 6. The van der Waals surface area contributed by atoms with Gasteiger partial charge in [-0.25, -0.2) is 9.48 Å². The molecule has 0 radical (unpaired) electrons. The Kier molecular flexibility index (Phi) is 7.35. The molecule has 2 aromatic rings. The molecule has 1 N–H and O–H groups in total. The van der Waals surface area contributed by atoms with E-state index in [4.69, 9.17) is 14.2 Å². The monoisotopic (exact) mass is 441 g/mol. The van der Waals surface area contributed by atoms with Gasteiger partial charge in [-0.3, -0.25) is 4.79 Å². The second kappa shape index (κ2) is 9.99. The van der Waals surface area contributed by atoms with Crippen LogP contribution in [0.2, 0.25) is 0 Å². The summed E-state index contributed by atoms with van der Waals surface area (Å²) in [6.45, 7) is 9.60. The number of benzene rings is 1. The first kappa shape index (κ1) is 23.5. The van der Waals surface area contributed by atoms with Crippen LogP contribution in [-0.2, 0) is 19.0 Å². The summed E-state index contributed by atoms with van der Waals surface area (Å²) in [6.07, 6.45) is 0.420. The number of rotatable bonds is 8. The molecule has 8 heteroatoms. The highest BCUT2D eigenvalue weighted by molar-refractivity contribution is 6.23. The van der Waals surface area contributed by atoms with E-state index in [0.29, 0.717) is 29.7 Å². The van der Waals surface area contributed by atoms with E-state index in [-0.39, 0.29) is 24.4 Å². The first-order valence-corrected chi connectivity index (χ1v) is 10.8. The molecule has 0 saturated carbocycles. The zero-order chi connectivity index (χ0) is 23.4. The summed E-state index contributed by atoms with van der Waals surface area (Å²) in [5.74, 6) is -0.0274. The van der Waals surface area contributed by atoms with Crippen LogP contribution in [0.25, 0.3) is 11.3 Å². The molecule has 0 aliphatic carbocycles. The van der Waals surface area contributed by atoms with E-state index in [9.17, 15) is 9.59 Å². The molecule has 0 fully saturated rings. The molecule has 0 bridgehead atoms. The summed E-state index contributed by atoms with van der Waals surface area (Å²) in [5, 5.41) is 7.61. The quantitative estimate of drug-likeness (QED) is 0.623. The highest BCUT2D eigenvalue weighted by Crippen LogP contribution is 2.34. The highest BCUT2D eigenvalue weighted by atomic mass is 16.7. The topological polar surface area (TPSA) is 91.7 Å². The number of methoxy groups -OCH3 is 1. The molecule has 2 unspecified atom stereocenters. The molecule has 3 rings (SSSR count). The Labute approximate surface area is 188 Å². The minimum Gasteiger partial charge on any atom is -0.434 e. The average Bonchev–Trinajstić information content (AvgIpc) is 3.21. The van der Waals surface area contributed by atoms with Gasteiger partial charge in [0.2, 0.25) is 0 Å². The minimum absolute atomic E-state index is 0.00700. The maximum atomic E-state index is 13.1. The molecule has 1 aliphatic rings. The van der Waals surface area contributed by atoms with Crippen LogP contribution in [0.3, 0.4) is 0 Å². The van der Waals surface area contributed by atoms with Gasteiger partial charge in [0.1, 0.15) is 5.76 Å². The van der Waals surface area contributed by atoms with Crippen LogP contribution in [0.5, 0.6) is 0 Å². The van der Waals surface area contributed by atoms with Crippen molar-refractivity contribution in [3.05, 3.63) is 52.5 Å². The van der Waals surface area contributed by atoms with Crippen LogP contribution in [-0.4, -0.2) is 47.7 Å². The summed E-state index contributed by atoms with van der Waals surface area (Å²) in [6, 6.07) is 7.52. The normalized spacial score (nSPS) is 16.8. The van der Waals surface area contributed by atoms with Gasteiger partial charge in [0, 0.05) is 18.4 Å². The van der Waals surface area contributed by atoms with E-state index in [2.05, 4.69) is 10.4 Å². The van der Waals surface area contributed by atoms with Crippen molar-refractivity contribution in [1.29, 1.82) is 0 Å². The van der Waals surface area contributed by atoms with Gasteiger partial charge in [-0.2, -0.15) is 5.10 Å². The van der Waals surface area contributed by atoms with Gasteiger partial charge in [0.05, 0.1) is 35.7 Å². The van der Waals surface area contributed by atoms with E-state index < -0.39 is 12.2 Å². The van der Waals surface area contributed by atoms with Gasteiger partial charge < -0.3 is 19.5 Å². The number of hydrogen-bond donors (Lipinski definition) is 1. The van der Waals surface area contributed by atoms with E-state index in [1.54, 1.807) is 18.7 Å². The fraction of sp³-hybridized carbons (Fsp3) is 0.458. The zero-order valence-electron chi connectivity index (χ0n) is 19.5. The Bertz CT molecular complexity index is 1020. The third kappa shape index (κ3) is 4.85. The fourth-order valence-corrected chi connectivity index (χ4v) is 3.84. The molecule has 1 aliphatic heterocycles. The summed E-state index contributed by atoms with van der Waals surface area (Å²) < 4.78 is 17.7. The number of ether oxygens (including phenoxy) is 3. The molecule has 2 heterocycles. The Morgan fingerprint density at radius 1 is 1.22 bits per heavy atom. The fourth-order valence-electron chi connectivity index (χ4n) is 3.84. The van der Waals surface area contributed by atoms with Gasteiger partial charge in [0.25, 0.3) is 5.91 Å². The molecular formula is C24H31N3O5. The molecule has 2 atom stereocenters. The maximum Gasteiger partial charge on any atom is 0.513 e. The third-order valence-corrected chi connectivity index (χ3v) is 5.63. The smallest absolute Gasteiger partial charge is 0.434 e. The van der Waals surface area contributed by atoms with Crippen LogP contribution >= 0.6 is 0 Å². The van der Waals surface area contributed by atoms with Crippen molar-refractivity contribution in [1.82, 2.24) is 15.1 Å². The number of carbonyl (C=O) groups is 2. The molecule has 0 saturated heterocycles. The number of aromatic nitrogens is 2. The molecule has 1 amide bonds. The summed E-state index contributed by atoms with van der Waals surface area (Å²) >= 11 is 0. The van der Waals surface area contributed by atoms with E-state index in [0.717, 1.165) is 16.9 Å². The largest absolute Gasteiger partial charge is 0.513 e. The Balaban J connectivity index is 2.07. The maximum absolute atomic E-state index is 13.1. The highest BCUT2D eigenvalue weighted by Gasteiger charge is 2.38. The average molecular weight is 442 g/mol. The minimum atomic E-state index is -0.831. The lowest BCUT2D eigenvalue weighted by atomic mass is 10.0. The number of nitrogens with one attached hydrogen (secondary N) is 1. The Morgan fingerprint density at radius 2 is 1.91 bits per heavy atom. The number of amides is 1. The molecular weight excluding hydrogens is 410 g/mol. The van der Waals surface area contributed by atoms with Crippen LogP contribution in [0.1, 0.15) is 49.2 Å². The first-order chi connectivity index (χ1) is 15.3. The van der Waals surface area contributed by atoms with E-state index in [1.165, 1.54) is 0 Å². The van der Waals surface area contributed by atoms with Crippen molar-refractivity contribution < 1.29 is 23.8 Å². The second-order valence-corrected chi connectivity index (χ2v) is 7.97. The number of carbonyl (C=O) groups excluding carboxylic acids is 2. The standard InChI is InChI=1S/C24H31N3O5/c1-7-31-24(29)32-22-19(13-10-15(3)30-6)25-23(28)21(22)20-16(4)26-27(17(20)5)18-11-8-14(2)9-12-18/h8-9,11-12,15,19H,7,10,13H2,1-6H3,(H,25,28). The SMILES string of the molecule is CCOC(=O)OC1=C(c2c(C)nn(-c3ccc(C)cc3)c2C)C(=O)NC1CCC(C)OC. The molecule has 0 spiro atoms. The first-order valence-electron chi connectivity index (χ1n) is 10.8. The molecule has 1 aromatic carbocycles. The predicted octanol–water partition coefficient (Wildman–Crippen LogP) is 4.00. The lowest BCUT2D eigenvalue weighted by molar-refractivity contribution is -0.115. The van der Waals surface area contributed by atoms with Crippen molar-refractivity contribution in [3.8, 4) is 5.69 Å². The molecule has 32 heavy (non-hydrogen) atoms. The molecule has 172 valence electrons. The van der Waals surface area contributed by atoms with E-state index in [1.807, 2.05) is 52.0 Å². The molecule has 8 nitrogen and oxygen atoms in total. The lowest BCUT2D eigenvalue weighted by Gasteiger charge is -2.17. The van der Waals surface area contributed by atoms with Gasteiger partial charge >= 0.3 is 6.16 Å². The second-order valence-electron chi connectivity index (χ2n) is 7.97. The van der Waals surface area contributed by atoms with Crippen LogP contribution in [0.15, 0.2) is 30.0 Å². The number of aryl methyl sites for hydroxylation is 2. The van der Waals surface area contributed by atoms with E-state index >= 15 is 0 Å². The zero-order valence-corrected chi connectivity index (χ0v) is 19.5.